The molecule has 1 aliphatic carbocycles. The minimum absolute atomic E-state index is 0.148. The molecular weight excluding hydrogens is 368 g/mol. The Morgan fingerprint density at radius 1 is 1.14 bits per heavy atom. The lowest BCUT2D eigenvalue weighted by molar-refractivity contribution is -0.116. The fraction of sp³-hybridized carbons (Fsp3) is 0.304. The molecule has 0 spiro atoms. The third-order valence-corrected chi connectivity index (χ3v) is 6.32. The molecule has 1 aromatic carbocycles. The van der Waals surface area contributed by atoms with Crippen LogP contribution >= 0.6 is 11.3 Å². The Labute approximate surface area is 169 Å². The van der Waals surface area contributed by atoms with Crippen LogP contribution in [-0.2, 0) is 9.59 Å². The van der Waals surface area contributed by atoms with Gasteiger partial charge in [0.05, 0.1) is 0 Å². The summed E-state index contributed by atoms with van der Waals surface area (Å²) in [6.07, 6.45) is 2.26. The number of Topliss-reactive ketones (excluding diaryl/α,β-unsaturated/α-hetero) is 1. The van der Waals surface area contributed by atoms with Crippen molar-refractivity contribution in [2.24, 2.45) is 0 Å². The summed E-state index contributed by atoms with van der Waals surface area (Å²) in [7, 11) is 0. The maximum absolute atomic E-state index is 13.4. The first kappa shape index (κ1) is 18.7. The van der Waals surface area contributed by atoms with Crippen LogP contribution in [0.3, 0.4) is 0 Å². The zero-order chi connectivity index (χ0) is 19.8. The van der Waals surface area contributed by atoms with E-state index in [4.69, 9.17) is 0 Å². The summed E-state index contributed by atoms with van der Waals surface area (Å²) in [5, 5.41) is 10.5. The Balaban J connectivity index is 1.78. The maximum Gasteiger partial charge on any atom is 0.254 e. The van der Waals surface area contributed by atoms with Crippen molar-refractivity contribution >= 4 is 28.7 Å². The molecule has 1 atom stereocenters. The van der Waals surface area contributed by atoms with E-state index >= 15 is 0 Å². The summed E-state index contributed by atoms with van der Waals surface area (Å²) in [6, 6.07) is 7.99. The number of benzene rings is 1. The van der Waals surface area contributed by atoms with Crippen LogP contribution in [0.2, 0.25) is 0 Å². The predicted octanol–water partition coefficient (Wildman–Crippen LogP) is 4.97. The number of anilines is 1. The summed E-state index contributed by atoms with van der Waals surface area (Å²) in [5.41, 5.74) is 7.11. The van der Waals surface area contributed by atoms with E-state index in [1.807, 2.05) is 55.8 Å². The van der Waals surface area contributed by atoms with Crippen LogP contribution in [0.15, 0.2) is 57.6 Å². The van der Waals surface area contributed by atoms with Crippen LogP contribution in [0.5, 0.6) is 0 Å². The Hall–Kier alpha value is -2.66. The van der Waals surface area contributed by atoms with Gasteiger partial charge in [0, 0.05) is 40.6 Å². The van der Waals surface area contributed by atoms with Crippen LogP contribution < -0.4 is 10.6 Å². The topological polar surface area (TPSA) is 58.2 Å². The van der Waals surface area contributed by atoms with Crippen LogP contribution in [0.4, 0.5) is 5.69 Å². The highest BCUT2D eigenvalue weighted by molar-refractivity contribution is 7.08. The summed E-state index contributed by atoms with van der Waals surface area (Å²) in [5.74, 6) is -0.307. The van der Waals surface area contributed by atoms with E-state index in [1.54, 1.807) is 11.3 Å². The molecule has 2 heterocycles. The van der Waals surface area contributed by atoms with Crippen LogP contribution in [-0.4, -0.2) is 11.7 Å². The quantitative estimate of drug-likeness (QED) is 0.775. The van der Waals surface area contributed by atoms with Crippen molar-refractivity contribution in [2.75, 3.05) is 5.32 Å². The summed E-state index contributed by atoms with van der Waals surface area (Å²) in [6.45, 7) is 5.91. The Kier molecular flexibility index (Phi) is 4.94. The van der Waals surface area contributed by atoms with Gasteiger partial charge in [0.15, 0.2) is 5.78 Å². The molecule has 2 N–H and O–H groups in total. The molecule has 2 aromatic rings. The molecule has 5 heteroatoms. The lowest BCUT2D eigenvalue weighted by Gasteiger charge is -2.34. The normalized spacial score (nSPS) is 19.4. The third kappa shape index (κ3) is 3.20. The molecule has 0 saturated heterocycles. The monoisotopic (exact) mass is 392 g/mol. The first-order valence-corrected chi connectivity index (χ1v) is 10.6. The second-order valence-corrected chi connectivity index (χ2v) is 8.32. The second kappa shape index (κ2) is 7.40. The smallest absolute Gasteiger partial charge is 0.254 e. The van der Waals surface area contributed by atoms with Crippen molar-refractivity contribution < 1.29 is 9.59 Å². The SMILES string of the molecule is CC1=C(C(=O)Nc2c(C)cccc2C)C(c2ccsc2)C2=C(CCCC2=O)N1. The zero-order valence-electron chi connectivity index (χ0n) is 16.4. The van der Waals surface area contributed by atoms with Gasteiger partial charge in [-0.15, -0.1) is 0 Å². The van der Waals surface area contributed by atoms with Crippen LogP contribution in [0.1, 0.15) is 48.8 Å². The highest BCUT2D eigenvalue weighted by atomic mass is 32.1. The van der Waals surface area contributed by atoms with Crippen molar-refractivity contribution in [2.45, 2.75) is 46.0 Å². The van der Waals surface area contributed by atoms with E-state index in [2.05, 4.69) is 10.6 Å². The van der Waals surface area contributed by atoms with Gasteiger partial charge < -0.3 is 10.6 Å². The molecule has 28 heavy (non-hydrogen) atoms. The van der Waals surface area contributed by atoms with E-state index in [9.17, 15) is 9.59 Å². The Bertz CT molecular complexity index is 995. The van der Waals surface area contributed by atoms with Gasteiger partial charge in [0.1, 0.15) is 0 Å². The number of ketones is 1. The van der Waals surface area contributed by atoms with E-state index in [1.165, 1.54) is 0 Å². The van der Waals surface area contributed by atoms with Crippen molar-refractivity contribution in [3.8, 4) is 0 Å². The van der Waals surface area contributed by atoms with Crippen molar-refractivity contribution in [1.29, 1.82) is 0 Å². The van der Waals surface area contributed by atoms with E-state index in [0.29, 0.717) is 12.0 Å². The van der Waals surface area contributed by atoms with E-state index in [0.717, 1.165) is 52.2 Å². The molecular formula is C23H24N2O2S. The minimum atomic E-state index is -0.306. The number of nitrogens with one attached hydrogen (secondary N) is 2. The van der Waals surface area contributed by atoms with Crippen LogP contribution in [0.25, 0.3) is 0 Å². The molecule has 0 bridgehead atoms. The van der Waals surface area contributed by atoms with Crippen LogP contribution in [0, 0.1) is 13.8 Å². The molecule has 1 unspecified atom stereocenters. The Morgan fingerprint density at radius 3 is 2.57 bits per heavy atom. The molecule has 0 saturated carbocycles. The number of thiophene rings is 1. The van der Waals surface area contributed by atoms with Crippen molar-refractivity contribution in [3.63, 3.8) is 0 Å². The number of para-hydroxylation sites is 1. The van der Waals surface area contributed by atoms with Gasteiger partial charge in [0.2, 0.25) is 0 Å². The highest BCUT2D eigenvalue weighted by Gasteiger charge is 2.38. The third-order valence-electron chi connectivity index (χ3n) is 5.62. The molecule has 1 amide bonds. The number of hydrogen-bond donors (Lipinski definition) is 2. The summed E-state index contributed by atoms with van der Waals surface area (Å²) < 4.78 is 0. The average Bonchev–Trinajstić information content (AvgIpc) is 3.18. The highest BCUT2D eigenvalue weighted by Crippen LogP contribution is 2.43. The standard InChI is InChI=1S/C23H24N2O2S/c1-13-6-4-7-14(2)22(13)25-23(27)19-15(3)24-17-8-5-9-18(26)21(17)20(19)16-10-11-28-12-16/h4,6-7,10-12,20,24H,5,8-9H2,1-3H3,(H,25,27). The number of hydrogen-bond acceptors (Lipinski definition) is 4. The van der Waals surface area contributed by atoms with E-state index in [-0.39, 0.29) is 17.6 Å². The molecule has 144 valence electrons. The molecule has 4 nitrogen and oxygen atoms in total. The first-order chi connectivity index (χ1) is 13.5. The largest absolute Gasteiger partial charge is 0.362 e. The number of carbonyl (C=O) groups is 2. The van der Waals surface area contributed by atoms with Gasteiger partial charge in [-0.05, 0) is 67.1 Å². The van der Waals surface area contributed by atoms with Gasteiger partial charge in [0.25, 0.3) is 5.91 Å². The molecule has 0 radical (unpaired) electrons. The van der Waals surface area contributed by atoms with Gasteiger partial charge in [-0.3, -0.25) is 9.59 Å². The summed E-state index contributed by atoms with van der Waals surface area (Å²) >= 11 is 1.59. The maximum atomic E-state index is 13.4. The fourth-order valence-corrected chi connectivity index (χ4v) is 4.94. The van der Waals surface area contributed by atoms with Gasteiger partial charge in [-0.25, -0.2) is 0 Å². The van der Waals surface area contributed by atoms with Crippen molar-refractivity contribution in [3.05, 3.63) is 74.3 Å². The van der Waals surface area contributed by atoms with Gasteiger partial charge in [-0.1, -0.05) is 18.2 Å². The molecule has 1 aromatic heterocycles. The molecule has 0 fully saturated rings. The molecule has 1 aliphatic heterocycles. The fourth-order valence-electron chi connectivity index (χ4n) is 4.25. The lowest BCUT2D eigenvalue weighted by atomic mass is 9.75. The zero-order valence-corrected chi connectivity index (χ0v) is 17.2. The lowest BCUT2D eigenvalue weighted by Crippen LogP contribution is -2.35. The second-order valence-electron chi connectivity index (χ2n) is 7.54. The molecule has 2 aliphatic rings. The Morgan fingerprint density at radius 2 is 1.89 bits per heavy atom. The number of amides is 1. The summed E-state index contributed by atoms with van der Waals surface area (Å²) in [4.78, 5) is 26.3. The number of dihydropyridines is 1. The van der Waals surface area contributed by atoms with E-state index < -0.39 is 0 Å². The number of rotatable bonds is 3. The molecule has 4 rings (SSSR count). The first-order valence-electron chi connectivity index (χ1n) is 9.61. The van der Waals surface area contributed by atoms with Crippen molar-refractivity contribution in [1.82, 2.24) is 5.32 Å². The number of aryl methyl sites for hydroxylation is 2. The number of allylic oxidation sites excluding steroid dienone is 3. The predicted molar refractivity (Wildman–Crippen MR) is 113 cm³/mol. The number of carbonyl (C=O) groups excluding carboxylic acids is 2. The average molecular weight is 393 g/mol. The minimum Gasteiger partial charge on any atom is -0.362 e. The van der Waals surface area contributed by atoms with Gasteiger partial charge in [-0.2, -0.15) is 11.3 Å². The van der Waals surface area contributed by atoms with Gasteiger partial charge >= 0.3 is 0 Å².